The van der Waals surface area contributed by atoms with Gasteiger partial charge in [-0.1, -0.05) is 6.07 Å². The molecule has 0 amide bonds. The normalized spacial score (nSPS) is 22.5. The van der Waals surface area contributed by atoms with Crippen LogP contribution in [0.4, 0.5) is 4.39 Å². The number of likely N-dealkylation sites (tertiary alicyclic amines) is 1. The molecule has 1 atom stereocenters. The van der Waals surface area contributed by atoms with Gasteiger partial charge in [-0.2, -0.15) is 4.39 Å². The maximum Gasteiger partial charge on any atom is 0.330 e. The van der Waals surface area contributed by atoms with E-state index in [0.29, 0.717) is 61.3 Å². The number of aryl methyl sites for hydroxylation is 1. The largest absolute Gasteiger partial charge is 0.469 e. The molecule has 1 aromatic carbocycles. The maximum atomic E-state index is 16.5. The number of esters is 1. The molecule has 0 N–H and O–H groups in total. The first-order valence-electron chi connectivity index (χ1n) is 12.6. The second-order valence-electron chi connectivity index (χ2n) is 9.80. The summed E-state index contributed by atoms with van der Waals surface area (Å²) in [7, 11) is 3.29. The molecule has 9 heteroatoms. The molecule has 5 rings (SSSR count). The van der Waals surface area contributed by atoms with Crippen LogP contribution in [0.2, 0.25) is 0 Å². The number of aromatic nitrogens is 2. The monoisotopic (exact) mass is 497 g/mol. The van der Waals surface area contributed by atoms with Gasteiger partial charge in [-0.25, -0.2) is 9.88 Å². The van der Waals surface area contributed by atoms with E-state index in [4.69, 9.17) is 13.9 Å². The molecular weight excluding hydrogens is 465 g/mol. The Morgan fingerprint density at radius 2 is 1.92 bits per heavy atom. The van der Waals surface area contributed by atoms with Crippen LogP contribution in [-0.4, -0.2) is 58.5 Å². The lowest BCUT2D eigenvalue weighted by molar-refractivity contribution is -0.252. The number of hydrogen-bond acceptors (Lipinski definition) is 7. The molecule has 36 heavy (non-hydrogen) atoms. The van der Waals surface area contributed by atoms with E-state index >= 15 is 4.39 Å². The lowest BCUT2D eigenvalue weighted by Gasteiger charge is -2.37. The van der Waals surface area contributed by atoms with Gasteiger partial charge in [-0.3, -0.25) is 9.59 Å². The Balaban J connectivity index is 1.32. The highest BCUT2D eigenvalue weighted by Crippen LogP contribution is 2.35. The van der Waals surface area contributed by atoms with Crippen LogP contribution in [0.1, 0.15) is 44.1 Å². The number of fused-ring (bicyclic) bond motifs is 1. The van der Waals surface area contributed by atoms with Gasteiger partial charge in [0.2, 0.25) is 11.7 Å². The molecule has 1 saturated heterocycles. The van der Waals surface area contributed by atoms with Crippen LogP contribution in [0.5, 0.6) is 0 Å². The number of alkyl halides is 1. The Labute approximate surface area is 209 Å². The molecule has 192 valence electrons. The SMILES string of the molecule is COC(=O)[C@H]1CC[C@H](OC(F)(C(=O)Cc2ccc3nc(-c4cccn4C)oc3c2)N2CCCC2)CC1. The third-order valence-corrected chi connectivity index (χ3v) is 7.37. The zero-order valence-corrected chi connectivity index (χ0v) is 20.7. The number of hydrogen-bond donors (Lipinski definition) is 0. The molecule has 2 fully saturated rings. The van der Waals surface area contributed by atoms with Crippen LogP contribution in [0, 0.1) is 5.92 Å². The first kappa shape index (κ1) is 24.6. The van der Waals surface area contributed by atoms with Crippen LogP contribution in [-0.2, 0) is 32.5 Å². The summed E-state index contributed by atoms with van der Waals surface area (Å²) in [5.74, 6) is -3.07. The number of halogens is 1. The minimum Gasteiger partial charge on any atom is -0.469 e. The number of methoxy groups -OCH3 is 1. The first-order chi connectivity index (χ1) is 17.4. The van der Waals surface area contributed by atoms with E-state index < -0.39 is 17.9 Å². The number of carbonyl (C=O) groups is 2. The van der Waals surface area contributed by atoms with Gasteiger partial charge in [0.25, 0.3) is 0 Å². The summed E-state index contributed by atoms with van der Waals surface area (Å²) in [5, 5.41) is 0. The lowest BCUT2D eigenvalue weighted by atomic mass is 9.87. The average Bonchev–Trinajstić information content (AvgIpc) is 3.64. The third-order valence-electron chi connectivity index (χ3n) is 7.37. The predicted octanol–water partition coefficient (Wildman–Crippen LogP) is 4.41. The van der Waals surface area contributed by atoms with Crippen molar-refractivity contribution < 1.29 is 27.9 Å². The number of ketones is 1. The second kappa shape index (κ2) is 10.1. The predicted molar refractivity (Wildman–Crippen MR) is 131 cm³/mol. The summed E-state index contributed by atoms with van der Waals surface area (Å²) in [4.78, 5) is 31.3. The number of benzene rings is 1. The van der Waals surface area contributed by atoms with Crippen molar-refractivity contribution in [1.82, 2.24) is 14.5 Å². The van der Waals surface area contributed by atoms with Crippen LogP contribution >= 0.6 is 0 Å². The summed E-state index contributed by atoms with van der Waals surface area (Å²) in [6.45, 7) is 0.946. The summed E-state index contributed by atoms with van der Waals surface area (Å²) in [6, 6.07) is 9.15. The Bertz CT molecular complexity index is 1240. The molecule has 0 spiro atoms. The molecule has 1 saturated carbocycles. The van der Waals surface area contributed by atoms with E-state index in [1.54, 1.807) is 18.2 Å². The zero-order chi connectivity index (χ0) is 25.3. The van der Waals surface area contributed by atoms with Crippen molar-refractivity contribution in [3.63, 3.8) is 0 Å². The quantitative estimate of drug-likeness (QED) is 0.337. The fourth-order valence-corrected chi connectivity index (χ4v) is 5.29. The van der Waals surface area contributed by atoms with Gasteiger partial charge < -0.3 is 18.5 Å². The highest BCUT2D eigenvalue weighted by Gasteiger charge is 2.48. The zero-order valence-electron chi connectivity index (χ0n) is 20.7. The molecule has 0 bridgehead atoms. The van der Waals surface area contributed by atoms with Gasteiger partial charge in [0.05, 0.1) is 19.1 Å². The van der Waals surface area contributed by atoms with Crippen LogP contribution in [0.15, 0.2) is 40.9 Å². The fourth-order valence-electron chi connectivity index (χ4n) is 5.29. The minimum absolute atomic E-state index is 0.124. The second-order valence-corrected chi connectivity index (χ2v) is 9.80. The Hall–Kier alpha value is -3.04. The standard InChI is InChI=1S/C27H32FN3O5/c1-30-13-5-6-22(30)25-29-21-12-7-18(16-23(21)35-25)17-24(32)27(28,31-14-3-4-15-31)36-20-10-8-19(9-11-20)26(33)34-2/h5-7,12-13,16,19-20H,3-4,8-11,14-15,17H2,1-2H3/t19-,20-,27?. The number of carbonyl (C=O) groups excluding carboxylic acids is 2. The minimum atomic E-state index is -2.50. The Kier molecular flexibility index (Phi) is 6.94. The molecule has 0 radical (unpaired) electrons. The van der Waals surface area contributed by atoms with Crippen molar-refractivity contribution in [1.29, 1.82) is 0 Å². The number of rotatable bonds is 8. The molecule has 1 aliphatic carbocycles. The van der Waals surface area contributed by atoms with Gasteiger partial charge in [0.15, 0.2) is 5.58 Å². The van der Waals surface area contributed by atoms with E-state index in [9.17, 15) is 9.59 Å². The summed E-state index contributed by atoms with van der Waals surface area (Å²) in [5.41, 5.74) is 2.70. The summed E-state index contributed by atoms with van der Waals surface area (Å²) >= 11 is 0. The van der Waals surface area contributed by atoms with E-state index in [1.807, 2.05) is 29.9 Å². The van der Waals surface area contributed by atoms with Crippen molar-refractivity contribution in [2.24, 2.45) is 13.0 Å². The number of Topliss-reactive ketones (excluding diaryl/α,β-unsaturated/α-hetero) is 1. The molecule has 1 unspecified atom stereocenters. The molecule has 8 nitrogen and oxygen atoms in total. The van der Waals surface area contributed by atoms with Gasteiger partial charge >= 0.3 is 11.9 Å². The highest BCUT2D eigenvalue weighted by atomic mass is 19.2. The van der Waals surface area contributed by atoms with Gasteiger partial charge in [0, 0.05) is 32.8 Å². The molecule has 3 aromatic rings. The van der Waals surface area contributed by atoms with Crippen molar-refractivity contribution in [3.8, 4) is 11.6 Å². The topological polar surface area (TPSA) is 86.8 Å². The van der Waals surface area contributed by atoms with Crippen molar-refractivity contribution in [3.05, 3.63) is 42.1 Å². The van der Waals surface area contributed by atoms with Crippen LogP contribution in [0.3, 0.4) is 0 Å². The van der Waals surface area contributed by atoms with E-state index in [-0.39, 0.29) is 18.3 Å². The highest BCUT2D eigenvalue weighted by molar-refractivity contribution is 5.88. The van der Waals surface area contributed by atoms with Crippen LogP contribution in [0.25, 0.3) is 22.7 Å². The number of oxazole rings is 1. The lowest BCUT2D eigenvalue weighted by Crippen LogP contribution is -2.54. The molecule has 2 aromatic heterocycles. The smallest absolute Gasteiger partial charge is 0.330 e. The van der Waals surface area contributed by atoms with Gasteiger partial charge in [-0.05, 0) is 68.4 Å². The van der Waals surface area contributed by atoms with Crippen molar-refractivity contribution >= 4 is 22.9 Å². The van der Waals surface area contributed by atoms with E-state index in [2.05, 4.69) is 4.98 Å². The number of ether oxygens (including phenoxy) is 2. The molecule has 1 aliphatic heterocycles. The van der Waals surface area contributed by atoms with Crippen molar-refractivity contribution in [2.45, 2.75) is 57.0 Å². The summed E-state index contributed by atoms with van der Waals surface area (Å²) in [6.07, 6.45) is 5.16. The van der Waals surface area contributed by atoms with Gasteiger partial charge in [0.1, 0.15) is 11.2 Å². The molecular formula is C27H32FN3O5. The van der Waals surface area contributed by atoms with Crippen LogP contribution < -0.4 is 0 Å². The third kappa shape index (κ3) is 4.82. The maximum absolute atomic E-state index is 16.5. The Morgan fingerprint density at radius 3 is 2.58 bits per heavy atom. The first-order valence-corrected chi connectivity index (χ1v) is 12.6. The fraction of sp³-hybridized carbons (Fsp3) is 0.519. The van der Waals surface area contributed by atoms with E-state index in [0.717, 1.165) is 18.5 Å². The molecule has 3 heterocycles. The summed E-state index contributed by atoms with van der Waals surface area (Å²) < 4.78 is 35.1. The number of nitrogens with zero attached hydrogens (tertiary/aromatic N) is 3. The molecule has 2 aliphatic rings. The van der Waals surface area contributed by atoms with Gasteiger partial charge in [-0.15, -0.1) is 0 Å². The Morgan fingerprint density at radius 1 is 1.17 bits per heavy atom. The van der Waals surface area contributed by atoms with E-state index in [1.165, 1.54) is 12.0 Å². The van der Waals surface area contributed by atoms with Crippen molar-refractivity contribution in [2.75, 3.05) is 20.2 Å². The average molecular weight is 498 g/mol.